The van der Waals surface area contributed by atoms with Crippen LogP contribution in [0.1, 0.15) is 114 Å². The smallest absolute Gasteiger partial charge is 0.338 e. The minimum atomic E-state index is -1.03. The number of carboxylic acids is 2. The summed E-state index contributed by atoms with van der Waals surface area (Å²) >= 11 is 0. The van der Waals surface area contributed by atoms with E-state index in [2.05, 4.69) is 36.5 Å². The average Bonchev–Trinajstić information content (AvgIpc) is 3.55. The van der Waals surface area contributed by atoms with Gasteiger partial charge in [-0.15, -0.1) is 0 Å². The second-order valence-corrected chi connectivity index (χ2v) is 11.1. The van der Waals surface area contributed by atoms with Gasteiger partial charge in [0.2, 0.25) is 0 Å². The predicted molar refractivity (Wildman–Crippen MR) is 157 cm³/mol. The lowest BCUT2D eigenvalue weighted by molar-refractivity contribution is -0.137. The number of aromatic carboxylic acids is 1. The molecular formula is C32H36N4O4. The molecule has 2 unspecified atom stereocenters. The van der Waals surface area contributed by atoms with E-state index in [1.165, 1.54) is 0 Å². The Morgan fingerprint density at radius 1 is 0.850 bits per heavy atom. The van der Waals surface area contributed by atoms with E-state index in [0.29, 0.717) is 28.7 Å². The van der Waals surface area contributed by atoms with Crippen LogP contribution >= 0.6 is 0 Å². The van der Waals surface area contributed by atoms with Crippen molar-refractivity contribution in [3.05, 3.63) is 75.9 Å². The minimum absolute atomic E-state index is 0.00000734. The molecule has 0 fully saturated rings. The van der Waals surface area contributed by atoms with Gasteiger partial charge in [0.25, 0.3) is 0 Å². The van der Waals surface area contributed by atoms with Gasteiger partial charge in [0.1, 0.15) is 0 Å². The van der Waals surface area contributed by atoms with Crippen LogP contribution in [-0.2, 0) is 4.79 Å². The quantitative estimate of drug-likeness (QED) is 0.259. The Balaban J connectivity index is 1.92. The molecule has 4 atom stereocenters. The molecule has 0 saturated heterocycles. The summed E-state index contributed by atoms with van der Waals surface area (Å²) < 4.78 is 0. The van der Waals surface area contributed by atoms with E-state index in [1.54, 1.807) is 13.0 Å². The summed E-state index contributed by atoms with van der Waals surface area (Å²) in [4.78, 5) is 40.8. The van der Waals surface area contributed by atoms with Gasteiger partial charge >= 0.3 is 11.9 Å². The number of carboxylic acid groups (broad SMARTS) is 2. The molecule has 0 saturated carbocycles. The van der Waals surface area contributed by atoms with Crippen molar-refractivity contribution >= 4 is 40.1 Å². The van der Waals surface area contributed by atoms with Crippen LogP contribution in [0.4, 0.5) is 0 Å². The average molecular weight is 541 g/mol. The molecule has 0 radical (unpaired) electrons. The van der Waals surface area contributed by atoms with Crippen molar-refractivity contribution in [2.45, 2.75) is 77.6 Å². The van der Waals surface area contributed by atoms with Crippen LogP contribution in [-0.4, -0.2) is 42.1 Å². The van der Waals surface area contributed by atoms with E-state index in [4.69, 9.17) is 9.97 Å². The van der Waals surface area contributed by atoms with Crippen molar-refractivity contribution < 1.29 is 19.8 Å². The topological polar surface area (TPSA) is 132 Å². The second-order valence-electron chi connectivity index (χ2n) is 11.1. The summed E-state index contributed by atoms with van der Waals surface area (Å²) in [6.45, 7) is 14.3. The maximum atomic E-state index is 12.4. The number of aromatic nitrogens is 4. The molecule has 3 aromatic rings. The number of aromatic amines is 2. The maximum absolute atomic E-state index is 12.4. The Bertz CT molecular complexity index is 1700. The first-order chi connectivity index (χ1) is 19.0. The number of aliphatic carboxylic acids is 1. The van der Waals surface area contributed by atoms with Crippen molar-refractivity contribution in [3.8, 4) is 0 Å². The van der Waals surface area contributed by atoms with Crippen LogP contribution in [0.3, 0.4) is 0 Å². The van der Waals surface area contributed by atoms with Gasteiger partial charge < -0.3 is 20.2 Å². The van der Waals surface area contributed by atoms with E-state index >= 15 is 0 Å². The highest BCUT2D eigenvalue weighted by atomic mass is 16.4. The molecule has 5 rings (SSSR count). The van der Waals surface area contributed by atoms with Crippen LogP contribution in [0.2, 0.25) is 0 Å². The predicted octanol–water partition coefficient (Wildman–Crippen LogP) is 7.32. The Morgan fingerprint density at radius 3 is 1.98 bits per heavy atom. The fourth-order valence-electron chi connectivity index (χ4n) is 6.37. The highest BCUT2D eigenvalue weighted by Gasteiger charge is 2.31. The standard InChI is InChI=1S/C32H36N4O4/c1-7-19-15(3)22-11-23-17(5)21(9-10-30(37)38)28(35-23)14-29-31(32(39)40)18(6)25(36-29)13-27-20(8-2)16(4)24(34-27)12-26(19)33-22/h7,11-14,16-17,20-21,33,36H,1,8-10H2,2-6H3,(H,37,38)(H,39,40)/t16?,17-,20?,21-/m1/s1. The molecule has 8 heteroatoms. The third-order valence-electron chi connectivity index (χ3n) is 8.80. The lowest BCUT2D eigenvalue weighted by atomic mass is 9.87. The Labute approximate surface area is 233 Å². The van der Waals surface area contributed by atoms with Crippen LogP contribution < -0.4 is 0 Å². The maximum Gasteiger partial charge on any atom is 0.338 e. The first-order valence-electron chi connectivity index (χ1n) is 13.9. The van der Waals surface area contributed by atoms with Crippen LogP contribution in [0.5, 0.6) is 0 Å². The first kappa shape index (κ1) is 27.4. The lowest BCUT2D eigenvalue weighted by Crippen LogP contribution is -2.06. The number of hydrogen-bond acceptors (Lipinski definition) is 4. The minimum Gasteiger partial charge on any atom is -0.481 e. The fourth-order valence-corrected chi connectivity index (χ4v) is 6.37. The van der Waals surface area contributed by atoms with Gasteiger partial charge in [-0.2, -0.15) is 0 Å². The second kappa shape index (κ2) is 10.4. The highest BCUT2D eigenvalue weighted by Crippen LogP contribution is 2.41. The Morgan fingerprint density at radius 2 is 1.38 bits per heavy atom. The van der Waals surface area contributed by atoms with Crippen molar-refractivity contribution in [1.29, 1.82) is 0 Å². The molecule has 8 bridgehead atoms. The molecule has 2 aliphatic rings. The number of nitrogens with one attached hydrogen (secondary N) is 2. The SMILES string of the molecule is C=Cc1c(C)c2cc3nc(cc4[nH]c(cc5nc(cc1[nH]2)C(C)C5CC)c(C)c4C(=O)O)[C@H](CCC(=O)O)[C@H]3C. The monoisotopic (exact) mass is 540 g/mol. The van der Waals surface area contributed by atoms with Gasteiger partial charge in [0.15, 0.2) is 0 Å². The zero-order valence-corrected chi connectivity index (χ0v) is 23.6. The molecule has 0 spiro atoms. The third kappa shape index (κ3) is 4.61. The Hall–Kier alpha value is -4.20. The molecule has 8 nitrogen and oxygen atoms in total. The van der Waals surface area contributed by atoms with Gasteiger partial charge in [-0.25, -0.2) is 4.79 Å². The molecule has 0 aromatic carbocycles. The summed E-state index contributed by atoms with van der Waals surface area (Å²) in [6.07, 6.45) is 3.15. The first-order valence-corrected chi connectivity index (χ1v) is 13.9. The molecular weight excluding hydrogens is 504 g/mol. The molecule has 208 valence electrons. The van der Waals surface area contributed by atoms with E-state index in [1.807, 2.05) is 32.1 Å². The molecule has 4 N–H and O–H groups in total. The summed E-state index contributed by atoms with van der Waals surface area (Å²) in [5.41, 5.74) is 9.26. The zero-order valence-electron chi connectivity index (χ0n) is 23.6. The fraction of sp³-hybridized carbons (Fsp3) is 0.375. The molecule has 0 amide bonds. The van der Waals surface area contributed by atoms with E-state index in [-0.39, 0.29) is 35.7 Å². The van der Waals surface area contributed by atoms with E-state index in [0.717, 1.165) is 45.7 Å². The van der Waals surface area contributed by atoms with Gasteiger partial charge in [-0.05, 0) is 62.1 Å². The number of rotatable bonds is 6. The summed E-state index contributed by atoms with van der Waals surface area (Å²) in [6, 6.07) is 7.88. The lowest BCUT2D eigenvalue weighted by Gasteiger charge is -2.14. The van der Waals surface area contributed by atoms with Gasteiger partial charge in [-0.1, -0.05) is 33.4 Å². The van der Waals surface area contributed by atoms with Crippen molar-refractivity contribution in [2.24, 2.45) is 0 Å². The van der Waals surface area contributed by atoms with Crippen molar-refractivity contribution in [1.82, 2.24) is 19.9 Å². The van der Waals surface area contributed by atoms with Gasteiger partial charge in [0.05, 0.1) is 11.1 Å². The van der Waals surface area contributed by atoms with Gasteiger partial charge in [-0.3, -0.25) is 14.8 Å². The number of nitrogens with zero attached hydrogens (tertiary/aromatic N) is 2. The molecule has 2 aliphatic heterocycles. The van der Waals surface area contributed by atoms with Crippen LogP contribution in [0, 0.1) is 13.8 Å². The van der Waals surface area contributed by atoms with E-state index in [9.17, 15) is 19.8 Å². The van der Waals surface area contributed by atoms with Crippen molar-refractivity contribution in [3.63, 3.8) is 0 Å². The van der Waals surface area contributed by atoms with Crippen LogP contribution in [0.15, 0.2) is 30.8 Å². The third-order valence-corrected chi connectivity index (χ3v) is 8.80. The summed E-state index contributed by atoms with van der Waals surface area (Å²) in [5, 5.41) is 19.6. The molecule has 3 aromatic heterocycles. The van der Waals surface area contributed by atoms with Crippen LogP contribution in [0.25, 0.3) is 28.1 Å². The Kier molecular flexibility index (Phi) is 7.12. The number of aryl methyl sites for hydroxylation is 2. The number of hydrogen-bond donors (Lipinski definition) is 4. The summed E-state index contributed by atoms with van der Waals surface area (Å²) in [5.74, 6) is -1.74. The number of fused-ring (bicyclic) bond motifs is 8. The summed E-state index contributed by atoms with van der Waals surface area (Å²) in [7, 11) is 0. The van der Waals surface area contributed by atoms with E-state index < -0.39 is 11.9 Å². The molecule has 40 heavy (non-hydrogen) atoms. The zero-order chi connectivity index (χ0) is 28.9. The normalized spacial score (nSPS) is 20.4. The number of H-pyrrole nitrogens is 2. The highest BCUT2D eigenvalue weighted by molar-refractivity contribution is 6.00. The molecule has 5 heterocycles. The largest absolute Gasteiger partial charge is 0.481 e. The molecule has 0 aliphatic carbocycles. The van der Waals surface area contributed by atoms with Gasteiger partial charge in [0, 0.05) is 75.0 Å². The number of carbonyl (C=O) groups is 2. The van der Waals surface area contributed by atoms with Crippen molar-refractivity contribution in [2.75, 3.05) is 0 Å².